The van der Waals surface area contributed by atoms with Crippen LogP contribution in [0.5, 0.6) is 0 Å². The molecule has 0 bridgehead atoms. The molecule has 1 N–H and O–H groups in total. The highest BCUT2D eigenvalue weighted by Gasteiger charge is 2.41. The maximum absolute atomic E-state index is 13.0. The third-order valence-corrected chi connectivity index (χ3v) is 4.32. The number of aromatic nitrogens is 1. The van der Waals surface area contributed by atoms with Gasteiger partial charge in [0.15, 0.2) is 5.78 Å². The maximum atomic E-state index is 13.0. The third kappa shape index (κ3) is 4.02. The van der Waals surface area contributed by atoms with Crippen LogP contribution in [-0.4, -0.2) is 28.5 Å². The third-order valence-electron chi connectivity index (χ3n) is 4.32. The molecule has 0 radical (unpaired) electrons. The summed E-state index contributed by atoms with van der Waals surface area (Å²) in [5, 5.41) is 2.48. The molecule has 4 nitrogen and oxygen atoms in total. The summed E-state index contributed by atoms with van der Waals surface area (Å²) in [6, 6.07) is 14.4. The molecule has 2 aromatic carbocycles. The Labute approximate surface area is 153 Å². The number of benzene rings is 2. The molecule has 1 amide bonds. The predicted molar refractivity (Wildman–Crippen MR) is 95.4 cm³/mol. The van der Waals surface area contributed by atoms with Gasteiger partial charge in [0, 0.05) is 36.1 Å². The number of para-hydroxylation sites is 1. The highest BCUT2D eigenvalue weighted by Crippen LogP contribution is 2.23. The normalized spacial score (nSPS) is 12.7. The van der Waals surface area contributed by atoms with Gasteiger partial charge in [-0.05, 0) is 11.6 Å². The quantitative estimate of drug-likeness (QED) is 0.693. The number of nitrogens with zero attached hydrogens (tertiary/aromatic N) is 1. The van der Waals surface area contributed by atoms with E-state index in [1.54, 1.807) is 60.3 Å². The lowest BCUT2D eigenvalue weighted by Gasteiger charge is -2.18. The van der Waals surface area contributed by atoms with Gasteiger partial charge in [-0.3, -0.25) is 9.59 Å². The van der Waals surface area contributed by atoms with Crippen LogP contribution in [0, 0.1) is 0 Å². The Morgan fingerprint density at radius 1 is 1.04 bits per heavy atom. The van der Waals surface area contributed by atoms with Gasteiger partial charge in [0.2, 0.25) is 0 Å². The Morgan fingerprint density at radius 2 is 1.67 bits per heavy atom. The van der Waals surface area contributed by atoms with Crippen molar-refractivity contribution in [1.82, 2.24) is 9.88 Å². The van der Waals surface area contributed by atoms with Crippen molar-refractivity contribution in [2.75, 3.05) is 0 Å². The van der Waals surface area contributed by atoms with Crippen LogP contribution >= 0.6 is 0 Å². The van der Waals surface area contributed by atoms with Crippen molar-refractivity contribution in [3.63, 3.8) is 0 Å². The van der Waals surface area contributed by atoms with Crippen LogP contribution in [0.25, 0.3) is 10.9 Å². The first kappa shape index (κ1) is 18.7. The Balaban J connectivity index is 1.97. The number of nitrogens with one attached hydrogen (secondary N) is 1. The number of Topliss-reactive ketones (excluding diaryl/α,β-unsaturated/α-hetero) is 1. The predicted octanol–water partition coefficient (Wildman–Crippen LogP) is 3.65. The molecule has 0 saturated heterocycles. The summed E-state index contributed by atoms with van der Waals surface area (Å²) in [6.45, 7) is 0. The Bertz CT molecular complexity index is 978. The number of ketones is 1. The zero-order valence-electron chi connectivity index (χ0n) is 14.5. The van der Waals surface area contributed by atoms with Gasteiger partial charge in [-0.2, -0.15) is 13.2 Å². The van der Waals surface area contributed by atoms with E-state index < -0.39 is 23.9 Å². The van der Waals surface area contributed by atoms with Crippen LogP contribution in [0.15, 0.2) is 60.8 Å². The van der Waals surface area contributed by atoms with E-state index in [0.717, 1.165) is 5.52 Å². The van der Waals surface area contributed by atoms with E-state index in [0.29, 0.717) is 10.9 Å². The number of hydrogen-bond acceptors (Lipinski definition) is 2. The van der Waals surface area contributed by atoms with Crippen molar-refractivity contribution >= 4 is 22.6 Å². The van der Waals surface area contributed by atoms with Crippen molar-refractivity contribution in [3.8, 4) is 0 Å². The number of alkyl halides is 3. The van der Waals surface area contributed by atoms with Gasteiger partial charge < -0.3 is 9.88 Å². The van der Waals surface area contributed by atoms with Crippen molar-refractivity contribution in [2.45, 2.75) is 18.6 Å². The molecule has 0 unspecified atom stereocenters. The highest BCUT2D eigenvalue weighted by atomic mass is 19.4. The fourth-order valence-corrected chi connectivity index (χ4v) is 3.02. The number of rotatable bonds is 5. The number of fused-ring (bicyclic) bond motifs is 1. The summed E-state index contributed by atoms with van der Waals surface area (Å²) in [4.78, 5) is 24.5. The number of hydrogen-bond donors (Lipinski definition) is 1. The molecule has 1 heterocycles. The van der Waals surface area contributed by atoms with Gasteiger partial charge in [-0.25, -0.2) is 0 Å². The molecule has 3 rings (SSSR count). The molecule has 27 heavy (non-hydrogen) atoms. The molecule has 0 aliphatic carbocycles. The van der Waals surface area contributed by atoms with Crippen LogP contribution in [0.2, 0.25) is 0 Å². The zero-order valence-corrected chi connectivity index (χ0v) is 14.5. The minimum atomic E-state index is -5.06. The fraction of sp³-hybridized carbons (Fsp3) is 0.200. The zero-order chi connectivity index (χ0) is 19.6. The summed E-state index contributed by atoms with van der Waals surface area (Å²) in [6.07, 6.45) is -3.52. The van der Waals surface area contributed by atoms with Crippen LogP contribution in [0.4, 0.5) is 13.2 Å². The molecule has 0 aliphatic heterocycles. The molecule has 0 spiro atoms. The topological polar surface area (TPSA) is 51.1 Å². The van der Waals surface area contributed by atoms with Gasteiger partial charge in [-0.1, -0.05) is 48.5 Å². The number of amides is 1. The first-order valence-corrected chi connectivity index (χ1v) is 8.27. The second kappa shape index (κ2) is 7.26. The largest absolute Gasteiger partial charge is 0.471 e. The minimum Gasteiger partial charge on any atom is -0.350 e. The highest BCUT2D eigenvalue weighted by molar-refractivity contribution is 6.11. The first-order chi connectivity index (χ1) is 12.8. The van der Waals surface area contributed by atoms with E-state index in [1.807, 2.05) is 17.4 Å². The van der Waals surface area contributed by atoms with E-state index in [4.69, 9.17) is 0 Å². The Kier molecular flexibility index (Phi) is 5.03. The Morgan fingerprint density at radius 3 is 2.33 bits per heavy atom. The van der Waals surface area contributed by atoms with Crippen molar-refractivity contribution in [2.24, 2.45) is 7.05 Å². The minimum absolute atomic E-state index is 0.0370. The van der Waals surface area contributed by atoms with Gasteiger partial charge >= 0.3 is 12.1 Å². The summed E-state index contributed by atoms with van der Waals surface area (Å²) in [5.41, 5.74) is 1.71. The first-order valence-electron chi connectivity index (χ1n) is 8.27. The van der Waals surface area contributed by atoms with E-state index >= 15 is 0 Å². The molecule has 0 aliphatic rings. The average Bonchev–Trinajstić information content (AvgIpc) is 2.98. The summed E-state index contributed by atoms with van der Waals surface area (Å²) in [5.74, 6) is -2.69. The van der Waals surface area contributed by atoms with Crippen LogP contribution < -0.4 is 5.32 Å². The van der Waals surface area contributed by atoms with Crippen LogP contribution in [0.1, 0.15) is 15.9 Å². The molecule has 3 aromatic rings. The van der Waals surface area contributed by atoms with E-state index in [-0.39, 0.29) is 12.0 Å². The van der Waals surface area contributed by atoms with Gasteiger partial charge in [0.1, 0.15) is 0 Å². The molecule has 0 fully saturated rings. The van der Waals surface area contributed by atoms with Crippen LogP contribution in [-0.2, 0) is 18.3 Å². The molecule has 7 heteroatoms. The number of aryl methyl sites for hydroxylation is 1. The standard InChI is InChI=1S/C20H17F3N2O2/c1-25-12-15(14-9-5-6-10-17(14)25)18(26)16(24-19(27)20(21,22)23)11-13-7-3-2-4-8-13/h2-10,12,16H,11H2,1H3,(H,24,27)/t16-/m0/s1. The molecule has 140 valence electrons. The number of halogens is 3. The average molecular weight is 374 g/mol. The summed E-state index contributed by atoms with van der Waals surface area (Å²) >= 11 is 0. The van der Waals surface area contributed by atoms with Gasteiger partial charge in [-0.15, -0.1) is 0 Å². The lowest BCUT2D eigenvalue weighted by atomic mass is 9.97. The molecular formula is C20H17F3N2O2. The number of carbonyl (C=O) groups is 2. The fourth-order valence-electron chi connectivity index (χ4n) is 3.02. The second-order valence-corrected chi connectivity index (χ2v) is 6.25. The van der Waals surface area contributed by atoms with Crippen LogP contribution in [0.3, 0.4) is 0 Å². The van der Waals surface area contributed by atoms with E-state index in [9.17, 15) is 22.8 Å². The number of carbonyl (C=O) groups excluding carboxylic acids is 2. The molecular weight excluding hydrogens is 357 g/mol. The smallest absolute Gasteiger partial charge is 0.350 e. The van der Waals surface area contributed by atoms with Crippen molar-refractivity contribution in [3.05, 3.63) is 71.9 Å². The SMILES string of the molecule is Cn1cc(C(=O)[C@H](Cc2ccccc2)NC(=O)C(F)(F)F)c2ccccc21. The second-order valence-electron chi connectivity index (χ2n) is 6.25. The van der Waals surface area contributed by atoms with Gasteiger partial charge in [0.25, 0.3) is 0 Å². The molecule has 1 atom stereocenters. The van der Waals surface area contributed by atoms with Crippen molar-refractivity contribution < 1.29 is 22.8 Å². The summed E-state index contributed by atoms with van der Waals surface area (Å²) < 4.78 is 40.0. The maximum Gasteiger partial charge on any atom is 0.471 e. The Hall–Kier alpha value is -3.09. The van der Waals surface area contributed by atoms with Gasteiger partial charge in [0.05, 0.1) is 6.04 Å². The van der Waals surface area contributed by atoms with E-state index in [1.165, 1.54) is 0 Å². The molecule has 0 saturated carbocycles. The lowest BCUT2D eigenvalue weighted by Crippen LogP contribution is -2.48. The van der Waals surface area contributed by atoms with E-state index in [2.05, 4.69) is 0 Å². The molecule has 1 aromatic heterocycles. The summed E-state index contributed by atoms with van der Waals surface area (Å²) in [7, 11) is 1.75. The monoisotopic (exact) mass is 374 g/mol. The van der Waals surface area contributed by atoms with Crippen molar-refractivity contribution in [1.29, 1.82) is 0 Å². The lowest BCUT2D eigenvalue weighted by molar-refractivity contribution is -0.174.